The van der Waals surface area contributed by atoms with E-state index < -0.39 is 18.1 Å². The number of hydrogen-bond donors (Lipinski definition) is 0. The van der Waals surface area contributed by atoms with Crippen molar-refractivity contribution in [2.45, 2.75) is 19.1 Å². The molecule has 0 radical (unpaired) electrons. The maximum absolute atomic E-state index is 12.6. The van der Waals surface area contributed by atoms with Crippen LogP contribution in [0.15, 0.2) is 54.7 Å². The molecule has 2 atom stereocenters. The van der Waals surface area contributed by atoms with Crippen LogP contribution in [0.25, 0.3) is 0 Å². The highest BCUT2D eigenvalue weighted by Gasteiger charge is 2.44. The summed E-state index contributed by atoms with van der Waals surface area (Å²) < 4.78 is 10.3. The average Bonchev–Trinajstić information content (AvgIpc) is 3.12. The first-order valence-electron chi connectivity index (χ1n) is 8.17. The number of rotatable bonds is 4. The highest BCUT2D eigenvalue weighted by molar-refractivity contribution is 5.77. The van der Waals surface area contributed by atoms with Crippen molar-refractivity contribution in [3.63, 3.8) is 0 Å². The van der Waals surface area contributed by atoms with E-state index >= 15 is 0 Å². The summed E-state index contributed by atoms with van der Waals surface area (Å²) in [6.45, 7) is 0.614. The van der Waals surface area contributed by atoms with Gasteiger partial charge in [0.05, 0.1) is 24.8 Å². The first-order valence-corrected chi connectivity index (χ1v) is 8.17. The minimum Gasteiger partial charge on any atom is -0.469 e. The molecule has 0 spiro atoms. The van der Waals surface area contributed by atoms with Crippen molar-refractivity contribution in [3.8, 4) is 0 Å². The number of hydrogen-bond acceptors (Lipinski definition) is 5. The van der Waals surface area contributed by atoms with Gasteiger partial charge in [0.1, 0.15) is 6.61 Å². The van der Waals surface area contributed by atoms with Crippen LogP contribution in [0.5, 0.6) is 0 Å². The number of amides is 1. The molecule has 6 heteroatoms. The van der Waals surface area contributed by atoms with Gasteiger partial charge in [-0.2, -0.15) is 0 Å². The minimum atomic E-state index is -0.475. The third kappa shape index (κ3) is 3.79. The molecular formula is C19H20N2O4. The molecule has 0 N–H and O–H groups in total. The second kappa shape index (κ2) is 7.79. The average molecular weight is 340 g/mol. The predicted molar refractivity (Wildman–Crippen MR) is 90.4 cm³/mol. The molecule has 1 aromatic heterocycles. The molecular weight excluding hydrogens is 320 g/mol. The molecule has 130 valence electrons. The molecule has 0 aliphatic carbocycles. The number of pyridine rings is 1. The van der Waals surface area contributed by atoms with Crippen molar-refractivity contribution in [1.82, 2.24) is 9.88 Å². The minimum absolute atomic E-state index is 0.188. The SMILES string of the molecule is COC(=O)C1CCN(C(=O)OCc2ccccc2)C1c1ccccn1. The van der Waals surface area contributed by atoms with Gasteiger partial charge in [0.2, 0.25) is 0 Å². The molecule has 1 aliphatic heterocycles. The quantitative estimate of drug-likeness (QED) is 0.801. The summed E-state index contributed by atoms with van der Waals surface area (Å²) in [7, 11) is 1.36. The number of likely N-dealkylation sites (tertiary alicyclic amines) is 1. The van der Waals surface area contributed by atoms with E-state index in [9.17, 15) is 9.59 Å². The zero-order valence-electron chi connectivity index (χ0n) is 14.0. The van der Waals surface area contributed by atoms with E-state index in [4.69, 9.17) is 9.47 Å². The zero-order valence-corrected chi connectivity index (χ0v) is 14.0. The first-order chi connectivity index (χ1) is 12.2. The smallest absolute Gasteiger partial charge is 0.410 e. The maximum atomic E-state index is 12.6. The van der Waals surface area contributed by atoms with Crippen molar-refractivity contribution >= 4 is 12.1 Å². The van der Waals surface area contributed by atoms with Crippen LogP contribution in [0, 0.1) is 5.92 Å². The lowest BCUT2D eigenvalue weighted by atomic mass is 9.97. The molecule has 1 fully saturated rings. The number of carbonyl (C=O) groups excluding carboxylic acids is 2. The second-order valence-electron chi connectivity index (χ2n) is 5.85. The Morgan fingerprint density at radius 3 is 2.60 bits per heavy atom. The number of esters is 1. The normalized spacial score (nSPS) is 19.5. The Balaban J connectivity index is 1.76. The van der Waals surface area contributed by atoms with E-state index in [1.807, 2.05) is 42.5 Å². The van der Waals surface area contributed by atoms with Crippen LogP contribution in [0.4, 0.5) is 4.79 Å². The van der Waals surface area contributed by atoms with Gasteiger partial charge in [-0.25, -0.2) is 4.79 Å². The fourth-order valence-electron chi connectivity index (χ4n) is 3.11. The standard InChI is InChI=1S/C19H20N2O4/c1-24-18(22)15-10-12-21(17(15)16-9-5-6-11-20-16)19(23)25-13-14-7-3-2-4-8-14/h2-9,11,15,17H,10,12-13H2,1H3. The van der Waals surface area contributed by atoms with Gasteiger partial charge >= 0.3 is 12.1 Å². The summed E-state index contributed by atoms with van der Waals surface area (Å²) in [5, 5.41) is 0. The highest BCUT2D eigenvalue weighted by atomic mass is 16.6. The third-order valence-electron chi connectivity index (χ3n) is 4.33. The number of aromatic nitrogens is 1. The van der Waals surface area contributed by atoms with E-state index in [0.29, 0.717) is 18.7 Å². The first kappa shape index (κ1) is 17.0. The molecule has 2 heterocycles. The van der Waals surface area contributed by atoms with Gasteiger partial charge in [0.15, 0.2) is 0 Å². The van der Waals surface area contributed by atoms with E-state index in [0.717, 1.165) is 5.56 Å². The Morgan fingerprint density at radius 1 is 1.16 bits per heavy atom. The largest absolute Gasteiger partial charge is 0.469 e. The lowest BCUT2D eigenvalue weighted by Gasteiger charge is -2.26. The van der Waals surface area contributed by atoms with E-state index in [-0.39, 0.29) is 12.6 Å². The molecule has 6 nitrogen and oxygen atoms in total. The van der Waals surface area contributed by atoms with E-state index in [2.05, 4.69) is 4.98 Å². The maximum Gasteiger partial charge on any atom is 0.410 e. The van der Waals surface area contributed by atoms with Gasteiger partial charge in [-0.15, -0.1) is 0 Å². The Morgan fingerprint density at radius 2 is 1.92 bits per heavy atom. The second-order valence-corrected chi connectivity index (χ2v) is 5.85. The van der Waals surface area contributed by atoms with E-state index in [1.165, 1.54) is 7.11 Å². The zero-order chi connectivity index (χ0) is 17.6. The van der Waals surface area contributed by atoms with E-state index in [1.54, 1.807) is 17.2 Å². The number of benzene rings is 1. The van der Waals surface area contributed by atoms with Crippen molar-refractivity contribution in [2.24, 2.45) is 5.92 Å². The van der Waals surface area contributed by atoms with Crippen molar-refractivity contribution in [2.75, 3.05) is 13.7 Å². The van der Waals surface area contributed by atoms with Crippen LogP contribution in [-0.4, -0.2) is 35.6 Å². The van der Waals surface area contributed by atoms with Crippen molar-refractivity contribution in [1.29, 1.82) is 0 Å². The molecule has 1 aliphatic rings. The van der Waals surface area contributed by atoms with Gasteiger partial charge in [0.25, 0.3) is 0 Å². The molecule has 2 aromatic rings. The monoisotopic (exact) mass is 340 g/mol. The van der Waals surface area contributed by atoms with Crippen LogP contribution in [0.3, 0.4) is 0 Å². The summed E-state index contributed by atoms with van der Waals surface area (Å²) in [6.07, 6.45) is 1.72. The molecule has 1 amide bonds. The van der Waals surface area contributed by atoms with Crippen LogP contribution >= 0.6 is 0 Å². The Bertz CT molecular complexity index is 721. The summed E-state index contributed by atoms with van der Waals surface area (Å²) >= 11 is 0. The molecule has 0 saturated carbocycles. The lowest BCUT2D eigenvalue weighted by Crippen LogP contribution is -2.34. The Hall–Kier alpha value is -2.89. The van der Waals surface area contributed by atoms with Crippen molar-refractivity contribution < 1.29 is 19.1 Å². The number of ether oxygens (including phenoxy) is 2. The summed E-state index contributed by atoms with van der Waals surface area (Å²) in [6, 6.07) is 14.4. The fourth-order valence-corrected chi connectivity index (χ4v) is 3.11. The molecule has 1 saturated heterocycles. The van der Waals surface area contributed by atoms with Crippen LogP contribution in [-0.2, 0) is 20.9 Å². The van der Waals surface area contributed by atoms with Crippen LogP contribution < -0.4 is 0 Å². The van der Waals surface area contributed by atoms with Gasteiger partial charge < -0.3 is 9.47 Å². The summed E-state index contributed by atoms with van der Waals surface area (Å²) in [4.78, 5) is 30.6. The van der Waals surface area contributed by atoms with Crippen molar-refractivity contribution in [3.05, 3.63) is 66.0 Å². The molecule has 25 heavy (non-hydrogen) atoms. The van der Waals surface area contributed by atoms with Gasteiger partial charge in [-0.05, 0) is 24.1 Å². The Kier molecular flexibility index (Phi) is 5.28. The van der Waals surface area contributed by atoms with Gasteiger partial charge in [0, 0.05) is 12.7 Å². The lowest BCUT2D eigenvalue weighted by molar-refractivity contribution is -0.146. The summed E-state index contributed by atoms with van der Waals surface area (Å²) in [5.74, 6) is -0.779. The predicted octanol–water partition coefficient (Wildman–Crippen LogP) is 2.95. The number of carbonyl (C=O) groups is 2. The topological polar surface area (TPSA) is 68.7 Å². The third-order valence-corrected chi connectivity index (χ3v) is 4.33. The molecule has 1 aromatic carbocycles. The number of nitrogens with zero attached hydrogens (tertiary/aromatic N) is 2. The number of methoxy groups -OCH3 is 1. The molecule has 2 unspecified atom stereocenters. The van der Waals surface area contributed by atoms with Gasteiger partial charge in [-0.3, -0.25) is 14.7 Å². The van der Waals surface area contributed by atoms with Crippen LogP contribution in [0.2, 0.25) is 0 Å². The Labute approximate surface area is 146 Å². The highest BCUT2D eigenvalue weighted by Crippen LogP contribution is 2.37. The molecule has 3 rings (SSSR count). The molecule has 0 bridgehead atoms. The fraction of sp³-hybridized carbons (Fsp3) is 0.316. The summed E-state index contributed by atoms with van der Waals surface area (Å²) in [5.41, 5.74) is 1.57. The van der Waals surface area contributed by atoms with Crippen LogP contribution in [0.1, 0.15) is 23.7 Å². The van der Waals surface area contributed by atoms with Gasteiger partial charge in [-0.1, -0.05) is 36.4 Å².